The molecule has 0 bridgehead atoms. The van der Waals surface area contributed by atoms with E-state index in [1.165, 1.54) is 103 Å². The number of ether oxygens (including phenoxy) is 3. The smallest absolute Gasteiger partial charge is 0.306 e. The second-order valence-corrected chi connectivity index (χ2v) is 22.3. The van der Waals surface area contributed by atoms with Crippen molar-refractivity contribution >= 4 is 17.9 Å². The number of carbonyl (C=O) groups is 3. The van der Waals surface area contributed by atoms with E-state index < -0.39 is 6.10 Å². The van der Waals surface area contributed by atoms with Crippen LogP contribution in [0.3, 0.4) is 0 Å². The fourth-order valence-corrected chi connectivity index (χ4v) is 9.27. The highest BCUT2D eigenvalue weighted by atomic mass is 16.6. The molecule has 0 radical (unpaired) electrons. The van der Waals surface area contributed by atoms with Crippen molar-refractivity contribution in [2.75, 3.05) is 13.2 Å². The van der Waals surface area contributed by atoms with Crippen molar-refractivity contribution in [1.29, 1.82) is 0 Å². The van der Waals surface area contributed by atoms with Gasteiger partial charge < -0.3 is 14.2 Å². The molecule has 0 saturated heterocycles. The third-order valence-corrected chi connectivity index (χ3v) is 14.3. The molecule has 0 N–H and O–H groups in total. The molecule has 1 atom stereocenters. The first-order chi connectivity index (χ1) is 41.0. The molecule has 0 spiro atoms. The van der Waals surface area contributed by atoms with E-state index in [1.54, 1.807) is 0 Å². The maximum Gasteiger partial charge on any atom is 0.306 e. The first-order valence-electron chi connectivity index (χ1n) is 34.3. The average Bonchev–Trinajstić information content (AvgIpc) is 3.49. The topological polar surface area (TPSA) is 78.9 Å². The molecule has 0 rings (SSSR count). The largest absolute Gasteiger partial charge is 0.462 e. The van der Waals surface area contributed by atoms with Gasteiger partial charge in [0.2, 0.25) is 0 Å². The Morgan fingerprint density at radius 2 is 0.470 bits per heavy atom. The molecule has 6 heteroatoms. The highest BCUT2D eigenvalue weighted by Gasteiger charge is 2.19. The standard InChI is InChI=1S/C77H126O6/c1-4-7-10-13-16-19-22-25-28-31-33-34-35-36-37-38-39-40-41-42-44-46-49-52-55-58-61-64-67-70-76(79)82-73-74(72-81-75(78)69-66-63-60-57-54-51-48-45-30-27-24-21-18-15-12-9-6-3)83-77(80)71-68-65-62-59-56-53-50-47-43-32-29-26-23-20-17-14-11-8-5-2/h7-8,10-11,16-17,19-20,25-26,28-29,33-34,36-37,39-40,42-44,47,49,52,74H,4-6,9,12-15,18,21-24,27,30-32,35,38,41,45-46,48,50-51,53-73H2,1-3H3/b10-7-,11-8-,19-16-,20-17-,28-25-,29-26-,34-33-,37-36-,40-39-,44-42-,47-43-,52-49-. The molecular formula is C77H126O6. The molecular weight excluding hydrogens is 1020 g/mol. The normalized spacial score (nSPS) is 13.0. The van der Waals surface area contributed by atoms with Gasteiger partial charge in [-0.2, -0.15) is 0 Å². The molecule has 0 aliphatic rings. The summed E-state index contributed by atoms with van der Waals surface area (Å²) < 4.78 is 16.9. The molecule has 0 aromatic heterocycles. The van der Waals surface area contributed by atoms with Gasteiger partial charge in [-0.1, -0.05) is 308 Å². The summed E-state index contributed by atoms with van der Waals surface area (Å²) in [7, 11) is 0. The number of allylic oxidation sites excluding steroid dienone is 24. The Bertz CT molecular complexity index is 1800. The van der Waals surface area contributed by atoms with E-state index in [2.05, 4.69) is 167 Å². The van der Waals surface area contributed by atoms with Gasteiger partial charge >= 0.3 is 17.9 Å². The van der Waals surface area contributed by atoms with Crippen LogP contribution in [0.15, 0.2) is 146 Å². The van der Waals surface area contributed by atoms with E-state index in [9.17, 15) is 14.4 Å². The van der Waals surface area contributed by atoms with Crippen LogP contribution in [-0.2, 0) is 28.6 Å². The minimum Gasteiger partial charge on any atom is -0.462 e. The lowest BCUT2D eigenvalue weighted by Gasteiger charge is -2.18. The van der Waals surface area contributed by atoms with Crippen LogP contribution >= 0.6 is 0 Å². The van der Waals surface area contributed by atoms with E-state index >= 15 is 0 Å². The first-order valence-corrected chi connectivity index (χ1v) is 34.3. The summed E-state index contributed by atoms with van der Waals surface area (Å²) >= 11 is 0. The fraction of sp³-hybridized carbons (Fsp3) is 0.649. The molecule has 1 unspecified atom stereocenters. The van der Waals surface area contributed by atoms with Gasteiger partial charge in [0.25, 0.3) is 0 Å². The van der Waals surface area contributed by atoms with Crippen molar-refractivity contribution in [2.45, 2.75) is 309 Å². The number of hydrogen-bond acceptors (Lipinski definition) is 6. The molecule has 470 valence electrons. The van der Waals surface area contributed by atoms with Crippen molar-refractivity contribution in [3.8, 4) is 0 Å². The zero-order valence-corrected chi connectivity index (χ0v) is 53.9. The van der Waals surface area contributed by atoms with Crippen molar-refractivity contribution in [3.63, 3.8) is 0 Å². The van der Waals surface area contributed by atoms with Crippen LogP contribution in [-0.4, -0.2) is 37.2 Å². The predicted molar refractivity (Wildman–Crippen MR) is 362 cm³/mol. The predicted octanol–water partition coefficient (Wildman–Crippen LogP) is 23.9. The van der Waals surface area contributed by atoms with Crippen LogP contribution in [0.5, 0.6) is 0 Å². The van der Waals surface area contributed by atoms with E-state index in [-0.39, 0.29) is 31.1 Å². The molecule has 6 nitrogen and oxygen atoms in total. The Kier molecular flexibility index (Phi) is 65.8. The molecule has 83 heavy (non-hydrogen) atoms. The van der Waals surface area contributed by atoms with Gasteiger partial charge in [-0.3, -0.25) is 14.4 Å². The lowest BCUT2D eigenvalue weighted by Crippen LogP contribution is -2.30. The van der Waals surface area contributed by atoms with Crippen LogP contribution in [0.1, 0.15) is 303 Å². The zero-order valence-electron chi connectivity index (χ0n) is 53.9. The zero-order chi connectivity index (χ0) is 59.9. The molecule has 0 aliphatic heterocycles. The SMILES string of the molecule is CC/C=C\C/C=C\C/C=C\C/C=C\C/C=C\C/C=C\C/C=C\C/C=C\CCCCCCC(=O)OCC(COC(=O)CCCCCCCCCCCCCCCCCCC)OC(=O)CCCCCCCC/C=C\C/C=C\C/C=C\C/C=C\CC. The number of esters is 3. The summed E-state index contributed by atoms with van der Waals surface area (Å²) in [4.78, 5) is 38.4. The van der Waals surface area contributed by atoms with Gasteiger partial charge in [0, 0.05) is 19.3 Å². The van der Waals surface area contributed by atoms with Gasteiger partial charge in [-0.05, 0) is 122 Å². The van der Waals surface area contributed by atoms with Crippen molar-refractivity contribution < 1.29 is 28.6 Å². The Hall–Kier alpha value is -4.71. The van der Waals surface area contributed by atoms with Crippen molar-refractivity contribution in [3.05, 3.63) is 146 Å². The van der Waals surface area contributed by atoms with Crippen molar-refractivity contribution in [2.24, 2.45) is 0 Å². The molecule has 0 fully saturated rings. The van der Waals surface area contributed by atoms with Gasteiger partial charge in [-0.15, -0.1) is 0 Å². The second-order valence-electron chi connectivity index (χ2n) is 22.3. The van der Waals surface area contributed by atoms with Crippen LogP contribution in [0, 0.1) is 0 Å². The summed E-state index contributed by atoms with van der Waals surface area (Å²) in [6.07, 6.45) is 100.0. The van der Waals surface area contributed by atoms with Crippen LogP contribution in [0.4, 0.5) is 0 Å². The number of rotatable bonds is 61. The van der Waals surface area contributed by atoms with Crippen LogP contribution < -0.4 is 0 Å². The quantitative estimate of drug-likeness (QED) is 0.0261. The molecule has 0 aliphatic carbocycles. The number of unbranched alkanes of at least 4 members (excludes halogenated alkanes) is 26. The molecule has 0 saturated carbocycles. The summed E-state index contributed by atoms with van der Waals surface area (Å²) in [5.74, 6) is -0.928. The second kappa shape index (κ2) is 69.8. The van der Waals surface area contributed by atoms with E-state index in [0.29, 0.717) is 19.3 Å². The fourth-order valence-electron chi connectivity index (χ4n) is 9.27. The molecule has 0 heterocycles. The third kappa shape index (κ3) is 68.0. The van der Waals surface area contributed by atoms with Crippen LogP contribution in [0.25, 0.3) is 0 Å². The van der Waals surface area contributed by atoms with Gasteiger partial charge in [0.05, 0.1) is 0 Å². The van der Waals surface area contributed by atoms with Crippen molar-refractivity contribution in [1.82, 2.24) is 0 Å². The van der Waals surface area contributed by atoms with E-state index in [1.807, 2.05) is 0 Å². The van der Waals surface area contributed by atoms with E-state index in [0.717, 1.165) is 161 Å². The minimum absolute atomic E-state index is 0.0944. The lowest BCUT2D eigenvalue weighted by molar-refractivity contribution is -0.167. The number of carbonyl (C=O) groups excluding carboxylic acids is 3. The Balaban J connectivity index is 4.45. The Labute approximate surface area is 512 Å². The first kappa shape index (κ1) is 78.3. The highest BCUT2D eigenvalue weighted by Crippen LogP contribution is 2.16. The monoisotopic (exact) mass is 1150 g/mol. The Morgan fingerprint density at radius 1 is 0.253 bits per heavy atom. The molecule has 0 aromatic rings. The van der Waals surface area contributed by atoms with Gasteiger partial charge in [0.1, 0.15) is 13.2 Å². The molecule has 0 amide bonds. The third-order valence-electron chi connectivity index (χ3n) is 14.3. The van der Waals surface area contributed by atoms with E-state index in [4.69, 9.17) is 14.2 Å². The summed E-state index contributed by atoms with van der Waals surface area (Å²) in [5.41, 5.74) is 0. The summed E-state index contributed by atoms with van der Waals surface area (Å²) in [6.45, 7) is 6.40. The number of hydrogen-bond donors (Lipinski definition) is 0. The summed E-state index contributed by atoms with van der Waals surface area (Å²) in [5, 5.41) is 0. The summed E-state index contributed by atoms with van der Waals surface area (Å²) in [6, 6.07) is 0. The highest BCUT2D eigenvalue weighted by molar-refractivity contribution is 5.71. The molecule has 0 aromatic carbocycles. The van der Waals surface area contributed by atoms with Crippen LogP contribution in [0.2, 0.25) is 0 Å². The Morgan fingerprint density at radius 3 is 0.735 bits per heavy atom. The minimum atomic E-state index is -0.803. The lowest BCUT2D eigenvalue weighted by atomic mass is 10.0. The van der Waals surface area contributed by atoms with Gasteiger partial charge in [-0.25, -0.2) is 0 Å². The average molecular weight is 1150 g/mol. The maximum absolute atomic E-state index is 12.9. The maximum atomic E-state index is 12.9. The van der Waals surface area contributed by atoms with Gasteiger partial charge in [0.15, 0.2) is 6.10 Å².